The van der Waals surface area contributed by atoms with Gasteiger partial charge in [-0.2, -0.15) is 0 Å². The maximum absolute atomic E-state index is 11.9. The van der Waals surface area contributed by atoms with Gasteiger partial charge in [0.2, 0.25) is 0 Å². The van der Waals surface area contributed by atoms with E-state index in [0.717, 1.165) is 25.9 Å². The number of amides is 1. The third kappa shape index (κ3) is 3.89. The first-order valence-corrected chi connectivity index (χ1v) is 6.66. The molecule has 1 aromatic rings. The number of carbonyl (C=O) groups is 1. The van der Waals surface area contributed by atoms with Crippen molar-refractivity contribution in [1.29, 1.82) is 0 Å². The number of piperidine rings is 1. The maximum atomic E-state index is 11.9. The van der Waals surface area contributed by atoms with Crippen LogP contribution in [-0.4, -0.2) is 30.0 Å². The molecule has 1 fully saturated rings. The number of carbonyl (C=O) groups excluding carboxylic acids is 1. The summed E-state index contributed by atoms with van der Waals surface area (Å²) >= 11 is 1.17. The zero-order chi connectivity index (χ0) is 13.1. The predicted octanol–water partition coefficient (Wildman–Crippen LogP) is 1.87. The first-order chi connectivity index (χ1) is 8.58. The lowest BCUT2D eigenvalue weighted by molar-refractivity contribution is -0.385. The Morgan fingerprint density at radius 3 is 2.89 bits per heavy atom. The smallest absolute Gasteiger partial charge is 0.283 e. The van der Waals surface area contributed by atoms with Gasteiger partial charge < -0.3 is 10.6 Å². The lowest BCUT2D eigenvalue weighted by atomic mass is 10.1. The van der Waals surface area contributed by atoms with E-state index in [4.69, 9.17) is 0 Å². The first kappa shape index (κ1) is 15.9. The molecule has 6 nitrogen and oxygen atoms in total. The average Bonchev–Trinajstić information content (AvgIpc) is 2.73. The third-order valence-electron chi connectivity index (χ3n) is 2.94. The molecule has 1 aliphatic heterocycles. The van der Waals surface area contributed by atoms with Crippen LogP contribution in [0.4, 0.5) is 5.69 Å². The second-order valence-corrected chi connectivity index (χ2v) is 5.58. The third-order valence-corrected chi connectivity index (χ3v) is 3.98. The molecule has 1 atom stereocenters. The van der Waals surface area contributed by atoms with Gasteiger partial charge in [0.05, 0.1) is 14.7 Å². The highest BCUT2D eigenvalue weighted by Gasteiger charge is 2.22. The lowest BCUT2D eigenvalue weighted by Gasteiger charge is -2.23. The van der Waals surface area contributed by atoms with Crippen LogP contribution in [0.25, 0.3) is 0 Å². The Hall–Kier alpha value is -1.18. The molecule has 0 saturated carbocycles. The van der Waals surface area contributed by atoms with Crippen molar-refractivity contribution < 1.29 is 9.72 Å². The van der Waals surface area contributed by atoms with Gasteiger partial charge in [0.1, 0.15) is 0 Å². The topological polar surface area (TPSA) is 84.3 Å². The second kappa shape index (κ2) is 6.83. The van der Waals surface area contributed by atoms with E-state index < -0.39 is 4.92 Å². The van der Waals surface area contributed by atoms with Crippen molar-refractivity contribution in [2.75, 3.05) is 13.1 Å². The van der Waals surface area contributed by atoms with E-state index in [9.17, 15) is 14.9 Å². The summed E-state index contributed by atoms with van der Waals surface area (Å²) in [5.41, 5.74) is 0.0203. The van der Waals surface area contributed by atoms with Gasteiger partial charge in [0.15, 0.2) is 0 Å². The Morgan fingerprint density at radius 2 is 2.37 bits per heavy atom. The van der Waals surface area contributed by atoms with Gasteiger partial charge in [-0.25, -0.2) is 0 Å². The molecule has 8 heteroatoms. The minimum Gasteiger partial charge on any atom is -0.347 e. The summed E-state index contributed by atoms with van der Waals surface area (Å²) in [7, 11) is 0. The minimum atomic E-state index is -0.454. The van der Waals surface area contributed by atoms with Crippen molar-refractivity contribution in [3.05, 3.63) is 25.9 Å². The van der Waals surface area contributed by atoms with Crippen LogP contribution in [0.5, 0.6) is 0 Å². The Labute approximate surface area is 121 Å². The van der Waals surface area contributed by atoms with Crippen molar-refractivity contribution >= 4 is 35.3 Å². The van der Waals surface area contributed by atoms with Gasteiger partial charge >= 0.3 is 0 Å². The molecular formula is C11H16ClN3O3S. The highest BCUT2D eigenvalue weighted by Crippen LogP contribution is 2.28. The SMILES string of the molecule is Cc1sc(C(=O)NC2CCCNC2)cc1[N+](=O)[O-].Cl. The van der Waals surface area contributed by atoms with Gasteiger partial charge in [-0.3, -0.25) is 14.9 Å². The van der Waals surface area contributed by atoms with E-state index in [2.05, 4.69) is 10.6 Å². The van der Waals surface area contributed by atoms with E-state index in [-0.39, 0.29) is 30.0 Å². The predicted molar refractivity (Wildman–Crippen MR) is 76.3 cm³/mol. The number of nitrogens with zero attached hydrogens (tertiary/aromatic N) is 1. The number of aryl methyl sites for hydroxylation is 1. The van der Waals surface area contributed by atoms with Crippen molar-refractivity contribution in [3.63, 3.8) is 0 Å². The molecule has 0 spiro atoms. The van der Waals surface area contributed by atoms with E-state index in [1.165, 1.54) is 17.4 Å². The fourth-order valence-corrected chi connectivity index (χ4v) is 2.89. The van der Waals surface area contributed by atoms with E-state index >= 15 is 0 Å². The molecule has 1 unspecified atom stereocenters. The molecule has 2 N–H and O–H groups in total. The quantitative estimate of drug-likeness (QED) is 0.659. The first-order valence-electron chi connectivity index (χ1n) is 5.84. The second-order valence-electron chi connectivity index (χ2n) is 4.33. The molecule has 0 bridgehead atoms. The van der Waals surface area contributed by atoms with Crippen LogP contribution in [0.3, 0.4) is 0 Å². The zero-order valence-corrected chi connectivity index (χ0v) is 12.1. The summed E-state index contributed by atoms with van der Waals surface area (Å²) in [6.07, 6.45) is 1.99. The van der Waals surface area contributed by atoms with Crippen molar-refractivity contribution in [3.8, 4) is 0 Å². The van der Waals surface area contributed by atoms with Crippen LogP contribution in [0, 0.1) is 17.0 Å². The van der Waals surface area contributed by atoms with Gasteiger partial charge in [0, 0.05) is 18.7 Å². The number of nitro groups is 1. The molecule has 2 rings (SSSR count). The number of halogens is 1. The van der Waals surface area contributed by atoms with Crippen LogP contribution in [0.15, 0.2) is 6.07 Å². The summed E-state index contributed by atoms with van der Waals surface area (Å²) < 4.78 is 0. The number of rotatable bonds is 3. The number of thiophene rings is 1. The van der Waals surface area contributed by atoms with E-state index in [0.29, 0.717) is 9.75 Å². The number of hydrogen-bond acceptors (Lipinski definition) is 5. The summed E-state index contributed by atoms with van der Waals surface area (Å²) in [5, 5.41) is 16.8. The van der Waals surface area contributed by atoms with Crippen LogP contribution >= 0.6 is 23.7 Å². The highest BCUT2D eigenvalue weighted by molar-refractivity contribution is 7.14. The Bertz CT molecular complexity index is 472. The Balaban J connectivity index is 0.00000180. The number of hydrogen-bond donors (Lipinski definition) is 2. The molecule has 1 aromatic heterocycles. The van der Waals surface area contributed by atoms with Crippen LogP contribution in [0.2, 0.25) is 0 Å². The molecule has 0 aliphatic carbocycles. The molecule has 1 amide bonds. The summed E-state index contributed by atoms with van der Waals surface area (Å²) in [6, 6.07) is 1.47. The Morgan fingerprint density at radius 1 is 1.63 bits per heavy atom. The monoisotopic (exact) mass is 305 g/mol. The van der Waals surface area contributed by atoms with Crippen LogP contribution in [0.1, 0.15) is 27.4 Å². The minimum absolute atomic E-state index is 0. The van der Waals surface area contributed by atoms with Crippen molar-refractivity contribution in [2.24, 2.45) is 0 Å². The largest absolute Gasteiger partial charge is 0.347 e. The van der Waals surface area contributed by atoms with Gasteiger partial charge in [-0.15, -0.1) is 23.7 Å². The number of nitrogens with one attached hydrogen (secondary N) is 2. The summed E-state index contributed by atoms with van der Waals surface area (Å²) in [4.78, 5) is 23.2. The lowest BCUT2D eigenvalue weighted by Crippen LogP contribution is -2.45. The molecule has 2 heterocycles. The maximum Gasteiger partial charge on any atom is 0.283 e. The molecule has 106 valence electrons. The van der Waals surface area contributed by atoms with Crippen LogP contribution < -0.4 is 10.6 Å². The normalized spacial score (nSPS) is 18.5. The summed E-state index contributed by atoms with van der Waals surface area (Å²) in [6.45, 7) is 3.40. The van der Waals surface area contributed by atoms with E-state index in [1.54, 1.807) is 6.92 Å². The molecule has 0 radical (unpaired) electrons. The highest BCUT2D eigenvalue weighted by atomic mass is 35.5. The van der Waals surface area contributed by atoms with E-state index in [1.807, 2.05) is 0 Å². The molecule has 1 saturated heterocycles. The fourth-order valence-electron chi connectivity index (χ4n) is 2.00. The Kier molecular flexibility index (Phi) is 5.71. The average molecular weight is 306 g/mol. The standard InChI is InChI=1S/C11H15N3O3S.ClH/c1-7-9(14(16)17)5-10(18-7)11(15)13-8-3-2-4-12-6-8;/h5,8,12H,2-4,6H2,1H3,(H,13,15);1H. The van der Waals surface area contributed by atoms with Gasteiger partial charge in [-0.1, -0.05) is 0 Å². The summed E-state index contributed by atoms with van der Waals surface area (Å²) in [5.74, 6) is -0.218. The molecular weight excluding hydrogens is 290 g/mol. The van der Waals surface area contributed by atoms with Crippen molar-refractivity contribution in [2.45, 2.75) is 25.8 Å². The fraction of sp³-hybridized carbons (Fsp3) is 0.545. The van der Waals surface area contributed by atoms with Crippen molar-refractivity contribution in [1.82, 2.24) is 10.6 Å². The van der Waals surface area contributed by atoms with Gasteiger partial charge in [-0.05, 0) is 26.3 Å². The van der Waals surface area contributed by atoms with Gasteiger partial charge in [0.25, 0.3) is 11.6 Å². The molecule has 0 aromatic carbocycles. The van der Waals surface area contributed by atoms with Crippen LogP contribution in [-0.2, 0) is 0 Å². The molecule has 1 aliphatic rings. The molecule has 19 heavy (non-hydrogen) atoms. The zero-order valence-electron chi connectivity index (χ0n) is 10.5.